The first-order valence-corrected chi connectivity index (χ1v) is 13.7. The zero-order valence-corrected chi connectivity index (χ0v) is 22.4. The zero-order chi connectivity index (χ0) is 28.1. The molecule has 3 aromatic carbocycles. The maximum atomic E-state index is 12.9. The number of benzene rings is 3. The molecule has 0 spiro atoms. The molecule has 40 heavy (non-hydrogen) atoms. The number of hydrogen-bond donors (Lipinski definition) is 3. The number of nitrogens with one attached hydrogen (secondary N) is 2. The lowest BCUT2D eigenvalue weighted by Crippen LogP contribution is -2.50. The first kappa shape index (κ1) is 27.4. The minimum Gasteiger partial charge on any atom is -0.480 e. The van der Waals surface area contributed by atoms with Crippen molar-refractivity contribution in [3.63, 3.8) is 0 Å². The Hall–Kier alpha value is -4.17. The van der Waals surface area contributed by atoms with Crippen molar-refractivity contribution >= 4 is 18.0 Å². The largest absolute Gasteiger partial charge is 0.480 e. The number of rotatable bonds is 10. The van der Waals surface area contributed by atoms with Crippen LogP contribution in [0, 0.1) is 5.92 Å². The topological polar surface area (TPSA) is 114 Å². The Labute approximate surface area is 233 Å². The Morgan fingerprint density at radius 2 is 1.52 bits per heavy atom. The molecule has 0 heterocycles. The summed E-state index contributed by atoms with van der Waals surface area (Å²) in [7, 11) is 0. The van der Waals surface area contributed by atoms with E-state index in [1.54, 1.807) is 6.92 Å². The van der Waals surface area contributed by atoms with Gasteiger partial charge in [0.15, 0.2) is 6.04 Å². The summed E-state index contributed by atoms with van der Waals surface area (Å²) in [4.78, 5) is 37.5. The molecule has 3 aromatic rings. The maximum Gasteiger partial charge on any atom is 0.407 e. The predicted molar refractivity (Wildman–Crippen MR) is 150 cm³/mol. The van der Waals surface area contributed by atoms with Crippen molar-refractivity contribution in [1.29, 1.82) is 0 Å². The quantitative estimate of drug-likeness (QED) is 0.337. The third-order valence-electron chi connectivity index (χ3n) is 7.86. The Morgan fingerprint density at radius 3 is 2.17 bits per heavy atom. The Balaban J connectivity index is 1.10. The molecule has 8 heteroatoms. The van der Waals surface area contributed by atoms with Crippen LogP contribution in [0.5, 0.6) is 0 Å². The van der Waals surface area contributed by atoms with Gasteiger partial charge in [-0.2, -0.15) is 0 Å². The van der Waals surface area contributed by atoms with Gasteiger partial charge in [0.2, 0.25) is 5.91 Å². The molecule has 0 saturated heterocycles. The van der Waals surface area contributed by atoms with E-state index < -0.39 is 30.1 Å². The highest BCUT2D eigenvalue weighted by Crippen LogP contribution is 2.44. The second-order valence-electron chi connectivity index (χ2n) is 10.5. The number of aliphatic carboxylic acids is 1. The fraction of sp³-hybridized carbons (Fsp3) is 0.344. The molecular weight excluding hydrogens is 508 g/mol. The summed E-state index contributed by atoms with van der Waals surface area (Å²) < 4.78 is 11.4. The lowest BCUT2D eigenvalue weighted by Gasteiger charge is -2.23. The van der Waals surface area contributed by atoms with E-state index >= 15 is 0 Å². The Bertz CT molecular complexity index is 1310. The average molecular weight is 543 g/mol. The van der Waals surface area contributed by atoms with Gasteiger partial charge in [-0.3, -0.25) is 4.79 Å². The van der Waals surface area contributed by atoms with Gasteiger partial charge in [0, 0.05) is 17.9 Å². The number of carbonyl (C=O) groups excluding carboxylic acids is 2. The van der Waals surface area contributed by atoms with Crippen molar-refractivity contribution in [2.24, 2.45) is 5.92 Å². The van der Waals surface area contributed by atoms with Gasteiger partial charge in [0.25, 0.3) is 0 Å². The summed E-state index contributed by atoms with van der Waals surface area (Å²) in [6, 6.07) is 24.4. The summed E-state index contributed by atoms with van der Waals surface area (Å²) in [5, 5.41) is 15.2. The molecule has 3 N–H and O–H groups in total. The van der Waals surface area contributed by atoms with Crippen LogP contribution in [-0.4, -0.2) is 47.9 Å². The number of ether oxygens (including phenoxy) is 2. The minimum absolute atomic E-state index is 0.0284. The van der Waals surface area contributed by atoms with E-state index in [-0.39, 0.29) is 31.1 Å². The van der Waals surface area contributed by atoms with Crippen molar-refractivity contribution in [3.8, 4) is 11.1 Å². The molecule has 1 fully saturated rings. The third kappa shape index (κ3) is 6.18. The molecule has 2 amide bonds. The molecule has 1 saturated carbocycles. The van der Waals surface area contributed by atoms with Crippen LogP contribution in [0.1, 0.15) is 48.8 Å². The van der Waals surface area contributed by atoms with Crippen molar-refractivity contribution in [1.82, 2.24) is 10.6 Å². The molecule has 0 aromatic heterocycles. The molecular formula is C32H34N2O6. The van der Waals surface area contributed by atoms with Crippen LogP contribution < -0.4 is 10.6 Å². The van der Waals surface area contributed by atoms with E-state index in [0.717, 1.165) is 27.8 Å². The summed E-state index contributed by atoms with van der Waals surface area (Å²) in [6.45, 7) is 2.10. The SMILES string of the molecule is C[C@@H](OCc1ccccc1)[C@H](NC(=O)C1CCC(NC(=O)OCC2c3ccccc3-c3ccccc32)C1)C(=O)O. The monoisotopic (exact) mass is 542 g/mol. The standard InChI is InChI=1S/C32H34N2O6/c1-20(39-18-21-9-3-2-4-10-21)29(31(36)37)34-30(35)22-15-16-23(17-22)33-32(38)40-19-28-26-13-7-5-11-24(26)25-12-6-8-14-27(25)28/h2-14,20,22-23,28-29H,15-19H2,1H3,(H,33,38)(H,34,35)(H,36,37)/t20-,22?,23?,29+/m1/s1. The maximum absolute atomic E-state index is 12.9. The Kier molecular flexibility index (Phi) is 8.45. The minimum atomic E-state index is -1.18. The van der Waals surface area contributed by atoms with Crippen LogP contribution in [0.15, 0.2) is 78.9 Å². The van der Waals surface area contributed by atoms with Crippen molar-refractivity contribution in [3.05, 3.63) is 95.6 Å². The Morgan fingerprint density at radius 1 is 0.900 bits per heavy atom. The third-order valence-corrected chi connectivity index (χ3v) is 7.86. The number of hydrogen-bond acceptors (Lipinski definition) is 5. The zero-order valence-electron chi connectivity index (χ0n) is 22.4. The van der Waals surface area contributed by atoms with E-state index in [0.29, 0.717) is 19.3 Å². The van der Waals surface area contributed by atoms with Gasteiger partial charge >= 0.3 is 12.1 Å². The van der Waals surface area contributed by atoms with Crippen LogP contribution in [0.3, 0.4) is 0 Å². The van der Waals surface area contributed by atoms with Crippen molar-refractivity contribution in [2.75, 3.05) is 6.61 Å². The smallest absolute Gasteiger partial charge is 0.407 e. The fourth-order valence-electron chi connectivity index (χ4n) is 5.71. The summed E-state index contributed by atoms with van der Waals surface area (Å²) in [5.41, 5.74) is 5.53. The van der Waals surface area contributed by atoms with E-state index in [4.69, 9.17) is 9.47 Å². The molecule has 5 rings (SSSR count). The summed E-state index contributed by atoms with van der Waals surface area (Å²) in [5.74, 6) is -1.93. The van der Waals surface area contributed by atoms with Gasteiger partial charge < -0.3 is 25.2 Å². The fourth-order valence-corrected chi connectivity index (χ4v) is 5.71. The molecule has 2 aliphatic carbocycles. The number of amides is 2. The van der Waals surface area contributed by atoms with Gasteiger partial charge in [0.05, 0.1) is 12.7 Å². The van der Waals surface area contributed by atoms with Gasteiger partial charge in [0.1, 0.15) is 6.61 Å². The summed E-state index contributed by atoms with van der Waals surface area (Å²) in [6.07, 6.45) is 0.338. The van der Waals surface area contributed by atoms with Crippen LogP contribution in [0.4, 0.5) is 4.79 Å². The van der Waals surface area contributed by atoms with Gasteiger partial charge in [-0.1, -0.05) is 78.9 Å². The molecule has 2 unspecified atom stereocenters. The summed E-state index contributed by atoms with van der Waals surface area (Å²) >= 11 is 0. The molecule has 4 atom stereocenters. The number of carboxylic acid groups (broad SMARTS) is 1. The number of carbonyl (C=O) groups is 3. The lowest BCUT2D eigenvalue weighted by atomic mass is 9.98. The highest BCUT2D eigenvalue weighted by atomic mass is 16.5. The van der Waals surface area contributed by atoms with E-state index in [1.165, 1.54) is 0 Å². The van der Waals surface area contributed by atoms with E-state index in [1.807, 2.05) is 54.6 Å². The molecule has 208 valence electrons. The van der Waals surface area contributed by atoms with Crippen LogP contribution in [0.25, 0.3) is 11.1 Å². The number of alkyl carbamates (subject to hydrolysis) is 1. The van der Waals surface area contributed by atoms with Gasteiger partial charge in [-0.05, 0) is 54.0 Å². The normalized spacial score (nSPS) is 19.2. The lowest BCUT2D eigenvalue weighted by molar-refractivity contribution is -0.147. The van der Waals surface area contributed by atoms with E-state index in [2.05, 4.69) is 34.9 Å². The second kappa shape index (κ2) is 12.3. The molecule has 0 radical (unpaired) electrons. The van der Waals surface area contributed by atoms with Crippen LogP contribution >= 0.6 is 0 Å². The van der Waals surface area contributed by atoms with Crippen LogP contribution in [-0.2, 0) is 25.7 Å². The highest BCUT2D eigenvalue weighted by molar-refractivity contribution is 5.85. The van der Waals surface area contributed by atoms with Gasteiger partial charge in [-0.25, -0.2) is 9.59 Å². The molecule has 2 aliphatic rings. The first-order valence-electron chi connectivity index (χ1n) is 13.7. The average Bonchev–Trinajstić information content (AvgIpc) is 3.56. The second-order valence-corrected chi connectivity index (χ2v) is 10.5. The first-order chi connectivity index (χ1) is 19.4. The highest BCUT2D eigenvalue weighted by Gasteiger charge is 2.35. The number of fused-ring (bicyclic) bond motifs is 3. The molecule has 8 nitrogen and oxygen atoms in total. The van der Waals surface area contributed by atoms with Gasteiger partial charge in [-0.15, -0.1) is 0 Å². The molecule has 0 bridgehead atoms. The van der Waals surface area contributed by atoms with Crippen molar-refractivity contribution in [2.45, 2.75) is 56.9 Å². The predicted octanol–water partition coefficient (Wildman–Crippen LogP) is 4.87. The number of carboxylic acids is 1. The van der Waals surface area contributed by atoms with Crippen LogP contribution in [0.2, 0.25) is 0 Å². The van der Waals surface area contributed by atoms with E-state index in [9.17, 15) is 19.5 Å². The molecule has 0 aliphatic heterocycles. The van der Waals surface area contributed by atoms with Crippen molar-refractivity contribution < 1.29 is 29.0 Å².